The van der Waals surface area contributed by atoms with Crippen molar-refractivity contribution in [1.82, 2.24) is 4.90 Å². The van der Waals surface area contributed by atoms with Crippen molar-refractivity contribution in [2.75, 3.05) is 13.1 Å². The Labute approximate surface area is 129 Å². The third-order valence-corrected chi connectivity index (χ3v) is 7.85. The van der Waals surface area contributed by atoms with Crippen LogP contribution in [0.1, 0.15) is 65.7 Å². The second-order valence-electron chi connectivity index (χ2n) is 7.48. The molecule has 2 aliphatic rings. The van der Waals surface area contributed by atoms with Crippen LogP contribution < -0.4 is 0 Å². The summed E-state index contributed by atoms with van der Waals surface area (Å²) in [6.45, 7) is 7.41. The summed E-state index contributed by atoms with van der Waals surface area (Å²) in [6, 6.07) is 0. The lowest BCUT2D eigenvalue weighted by atomic mass is 9.77. The van der Waals surface area contributed by atoms with Gasteiger partial charge in [0.2, 0.25) is 5.91 Å². The van der Waals surface area contributed by atoms with Gasteiger partial charge in [0.05, 0.1) is 5.25 Å². The zero-order valence-corrected chi connectivity index (χ0v) is 14.4. The molecular weight excluding hydrogens is 286 g/mol. The molecule has 1 unspecified atom stereocenters. The van der Waals surface area contributed by atoms with Crippen LogP contribution in [0.25, 0.3) is 0 Å². The first-order valence-electron chi connectivity index (χ1n) is 8.25. The lowest BCUT2D eigenvalue weighted by Crippen LogP contribution is -2.47. The van der Waals surface area contributed by atoms with E-state index in [1.54, 1.807) is 11.8 Å². The fourth-order valence-corrected chi connectivity index (χ4v) is 5.40. The van der Waals surface area contributed by atoms with Gasteiger partial charge in [-0.05, 0) is 57.3 Å². The van der Waals surface area contributed by atoms with E-state index in [2.05, 4.69) is 13.8 Å². The Hall–Kier alpha value is -0.580. The molecule has 1 amide bonds. The Morgan fingerprint density at radius 3 is 2.14 bits per heavy atom. The standard InChI is InChI=1S/C16H29NO3S/c1-13(15(18)17-11-5-4-6-12-17)21(19,20)14-7-9-16(2,3)10-8-14/h13-14H,4-12H2,1-3H3. The molecule has 2 fully saturated rings. The van der Waals surface area contributed by atoms with Crippen LogP contribution in [0.5, 0.6) is 0 Å². The van der Waals surface area contributed by atoms with Crippen molar-refractivity contribution in [2.24, 2.45) is 5.41 Å². The maximum atomic E-state index is 12.7. The number of amides is 1. The lowest BCUT2D eigenvalue weighted by Gasteiger charge is -2.36. The fraction of sp³-hybridized carbons (Fsp3) is 0.938. The first kappa shape index (κ1) is 16.8. The van der Waals surface area contributed by atoms with Gasteiger partial charge in [0.15, 0.2) is 9.84 Å². The number of likely N-dealkylation sites (tertiary alicyclic amines) is 1. The van der Waals surface area contributed by atoms with Gasteiger partial charge in [-0.2, -0.15) is 0 Å². The summed E-state index contributed by atoms with van der Waals surface area (Å²) >= 11 is 0. The monoisotopic (exact) mass is 315 g/mol. The van der Waals surface area contributed by atoms with Crippen molar-refractivity contribution in [2.45, 2.75) is 76.2 Å². The summed E-state index contributed by atoms with van der Waals surface area (Å²) in [4.78, 5) is 14.2. The maximum absolute atomic E-state index is 12.7. The van der Waals surface area contributed by atoms with E-state index in [-0.39, 0.29) is 16.6 Å². The van der Waals surface area contributed by atoms with Gasteiger partial charge in [-0.3, -0.25) is 4.79 Å². The second-order valence-corrected chi connectivity index (χ2v) is 10.0. The van der Waals surface area contributed by atoms with Crippen molar-refractivity contribution >= 4 is 15.7 Å². The Morgan fingerprint density at radius 1 is 1.10 bits per heavy atom. The van der Waals surface area contributed by atoms with E-state index in [4.69, 9.17) is 0 Å². The average molecular weight is 315 g/mol. The van der Waals surface area contributed by atoms with Crippen LogP contribution in [0.3, 0.4) is 0 Å². The molecule has 0 N–H and O–H groups in total. The molecular formula is C16H29NO3S. The molecule has 1 atom stereocenters. The zero-order chi connectivity index (χ0) is 15.7. The van der Waals surface area contributed by atoms with Crippen molar-refractivity contribution in [3.63, 3.8) is 0 Å². The minimum atomic E-state index is -3.35. The maximum Gasteiger partial charge on any atom is 0.240 e. The molecule has 0 spiro atoms. The second kappa shape index (κ2) is 6.27. The van der Waals surface area contributed by atoms with Gasteiger partial charge in [-0.15, -0.1) is 0 Å². The SMILES string of the molecule is CC(C(=O)N1CCCCC1)S(=O)(=O)C1CCC(C)(C)CC1. The number of carbonyl (C=O) groups is 1. The molecule has 1 saturated heterocycles. The highest BCUT2D eigenvalue weighted by Crippen LogP contribution is 2.38. The van der Waals surface area contributed by atoms with Gasteiger partial charge in [0.25, 0.3) is 0 Å². The highest BCUT2D eigenvalue weighted by atomic mass is 32.2. The summed E-state index contributed by atoms with van der Waals surface area (Å²) in [7, 11) is -3.35. The Morgan fingerprint density at radius 2 is 1.62 bits per heavy atom. The lowest BCUT2D eigenvalue weighted by molar-refractivity contribution is -0.131. The molecule has 122 valence electrons. The van der Waals surface area contributed by atoms with Gasteiger partial charge >= 0.3 is 0 Å². The fourth-order valence-electron chi connectivity index (χ4n) is 3.50. The third-order valence-electron chi connectivity index (χ3n) is 5.26. The van der Waals surface area contributed by atoms with E-state index < -0.39 is 15.1 Å². The number of piperidine rings is 1. The molecule has 0 aromatic carbocycles. The predicted molar refractivity (Wildman–Crippen MR) is 84.8 cm³/mol. The summed E-state index contributed by atoms with van der Waals surface area (Å²) in [5.74, 6) is -0.181. The topological polar surface area (TPSA) is 54.5 Å². The van der Waals surface area contributed by atoms with E-state index in [1.807, 2.05) is 0 Å². The first-order valence-corrected chi connectivity index (χ1v) is 9.86. The average Bonchev–Trinajstić information content (AvgIpc) is 2.46. The summed E-state index contributed by atoms with van der Waals surface area (Å²) in [5.41, 5.74) is 0.242. The van der Waals surface area contributed by atoms with Gasteiger partial charge < -0.3 is 4.90 Å². The van der Waals surface area contributed by atoms with Gasteiger partial charge in [0, 0.05) is 13.1 Å². The predicted octanol–water partition coefficient (Wildman–Crippen LogP) is 2.77. The van der Waals surface area contributed by atoms with Gasteiger partial charge in [-0.25, -0.2) is 8.42 Å². The highest BCUT2D eigenvalue weighted by molar-refractivity contribution is 7.93. The molecule has 1 aliphatic heterocycles. The third kappa shape index (κ3) is 3.79. The number of hydrogen-bond donors (Lipinski definition) is 0. The van der Waals surface area contributed by atoms with Gasteiger partial charge in [-0.1, -0.05) is 13.8 Å². The Kier molecular flexibility index (Phi) is 5.01. The molecule has 0 aromatic rings. The number of nitrogens with zero attached hydrogens (tertiary/aromatic N) is 1. The van der Waals surface area contributed by atoms with Crippen molar-refractivity contribution in [1.29, 1.82) is 0 Å². The summed E-state index contributed by atoms with van der Waals surface area (Å²) in [6.07, 6.45) is 6.40. The van der Waals surface area contributed by atoms with Crippen LogP contribution in [-0.4, -0.2) is 42.8 Å². The number of hydrogen-bond acceptors (Lipinski definition) is 3. The molecule has 0 bridgehead atoms. The smallest absolute Gasteiger partial charge is 0.240 e. The summed E-state index contributed by atoms with van der Waals surface area (Å²) in [5, 5.41) is -1.20. The van der Waals surface area contributed by atoms with E-state index >= 15 is 0 Å². The van der Waals surface area contributed by atoms with Crippen molar-refractivity contribution in [3.8, 4) is 0 Å². The molecule has 2 rings (SSSR count). The zero-order valence-electron chi connectivity index (χ0n) is 13.6. The molecule has 0 aromatic heterocycles. The quantitative estimate of drug-likeness (QED) is 0.804. The molecule has 1 heterocycles. The van der Waals surface area contributed by atoms with Crippen LogP contribution in [0.4, 0.5) is 0 Å². The van der Waals surface area contributed by atoms with E-state index in [9.17, 15) is 13.2 Å². The normalized spacial score (nSPS) is 25.6. The van der Waals surface area contributed by atoms with Crippen molar-refractivity contribution in [3.05, 3.63) is 0 Å². The van der Waals surface area contributed by atoms with Crippen LogP contribution in [0.2, 0.25) is 0 Å². The number of carbonyl (C=O) groups excluding carboxylic acids is 1. The van der Waals surface area contributed by atoms with Crippen LogP contribution in [0.15, 0.2) is 0 Å². The largest absolute Gasteiger partial charge is 0.342 e. The molecule has 21 heavy (non-hydrogen) atoms. The van der Waals surface area contributed by atoms with Crippen LogP contribution in [-0.2, 0) is 14.6 Å². The molecule has 1 saturated carbocycles. The van der Waals surface area contributed by atoms with E-state index in [0.717, 1.165) is 45.2 Å². The number of rotatable bonds is 3. The van der Waals surface area contributed by atoms with E-state index in [0.29, 0.717) is 12.8 Å². The van der Waals surface area contributed by atoms with Gasteiger partial charge in [0.1, 0.15) is 5.25 Å². The molecule has 0 radical (unpaired) electrons. The van der Waals surface area contributed by atoms with Crippen molar-refractivity contribution < 1.29 is 13.2 Å². The van der Waals surface area contributed by atoms with Crippen LogP contribution in [0, 0.1) is 5.41 Å². The number of sulfone groups is 1. The molecule has 1 aliphatic carbocycles. The minimum absolute atomic E-state index is 0.181. The first-order chi connectivity index (χ1) is 9.74. The highest BCUT2D eigenvalue weighted by Gasteiger charge is 2.40. The molecule has 4 nitrogen and oxygen atoms in total. The minimum Gasteiger partial charge on any atom is -0.342 e. The van der Waals surface area contributed by atoms with E-state index in [1.165, 1.54) is 0 Å². The Balaban J connectivity index is 2.03. The summed E-state index contributed by atoms with van der Waals surface area (Å²) < 4.78 is 25.5. The Bertz CT molecular complexity index is 468. The molecule has 5 heteroatoms. The van der Waals surface area contributed by atoms with Crippen LogP contribution >= 0.6 is 0 Å².